The van der Waals surface area contributed by atoms with Crippen molar-refractivity contribution in [1.29, 1.82) is 0 Å². The molecule has 1 fully saturated rings. The summed E-state index contributed by atoms with van der Waals surface area (Å²) in [5, 5.41) is 4.53. The SMILES string of the molecule is Cc1cc(C)n(-c2cccc(C(=O)N3CCCC(C(=O)N(C)C)(c4ccccn4)C3)c2)n1. The fraction of sp³-hybridized carbons (Fsp3) is 0.360. The highest BCUT2D eigenvalue weighted by molar-refractivity contribution is 5.96. The summed E-state index contributed by atoms with van der Waals surface area (Å²) >= 11 is 0. The number of benzene rings is 1. The molecule has 0 aliphatic carbocycles. The number of likely N-dealkylation sites (N-methyl/N-ethyl adjacent to an activating group) is 1. The van der Waals surface area contributed by atoms with E-state index in [1.54, 1.807) is 30.1 Å². The van der Waals surface area contributed by atoms with E-state index in [9.17, 15) is 9.59 Å². The molecule has 1 saturated heterocycles. The Morgan fingerprint density at radius 3 is 2.53 bits per heavy atom. The Labute approximate surface area is 188 Å². The first-order valence-corrected chi connectivity index (χ1v) is 10.9. The minimum atomic E-state index is -0.841. The van der Waals surface area contributed by atoms with E-state index in [-0.39, 0.29) is 11.8 Å². The third-order valence-corrected chi connectivity index (χ3v) is 6.10. The van der Waals surface area contributed by atoms with Gasteiger partial charge in [-0.3, -0.25) is 14.6 Å². The van der Waals surface area contributed by atoms with Crippen molar-refractivity contribution in [2.75, 3.05) is 27.2 Å². The predicted octanol–water partition coefficient (Wildman–Crippen LogP) is 3.15. The molecule has 1 unspecified atom stereocenters. The zero-order valence-electron chi connectivity index (χ0n) is 19.1. The average molecular weight is 432 g/mol. The molecule has 0 radical (unpaired) electrons. The first kappa shape index (κ1) is 21.7. The molecule has 166 valence electrons. The van der Waals surface area contributed by atoms with Gasteiger partial charge in [0.15, 0.2) is 0 Å². The van der Waals surface area contributed by atoms with Gasteiger partial charge in [-0.2, -0.15) is 5.10 Å². The molecule has 7 heteroatoms. The number of hydrogen-bond donors (Lipinski definition) is 0. The Morgan fingerprint density at radius 1 is 1.06 bits per heavy atom. The molecule has 4 rings (SSSR count). The van der Waals surface area contributed by atoms with Crippen LogP contribution in [0.1, 0.15) is 40.3 Å². The number of aromatic nitrogens is 3. The number of pyridine rings is 1. The standard InChI is InChI=1S/C25H29N5O2/c1-18-15-19(2)30(27-18)21-10-7-9-20(16-21)23(31)29-14-8-12-25(17-29,24(32)28(3)4)22-11-5-6-13-26-22/h5-7,9-11,13,15-16H,8,12,14,17H2,1-4H3. The molecule has 3 aromatic rings. The Hall–Kier alpha value is -3.48. The molecule has 1 aliphatic rings. The van der Waals surface area contributed by atoms with Crippen LogP contribution in [0, 0.1) is 13.8 Å². The summed E-state index contributed by atoms with van der Waals surface area (Å²) in [4.78, 5) is 34.8. The number of piperidine rings is 1. The van der Waals surface area contributed by atoms with Gasteiger partial charge in [-0.15, -0.1) is 0 Å². The second-order valence-corrected chi connectivity index (χ2v) is 8.72. The molecule has 0 saturated carbocycles. The number of likely N-dealkylation sites (tertiary alicyclic amines) is 1. The van der Waals surface area contributed by atoms with Gasteiger partial charge < -0.3 is 9.80 Å². The highest BCUT2D eigenvalue weighted by Gasteiger charge is 2.46. The number of carbonyl (C=O) groups excluding carboxylic acids is 2. The second-order valence-electron chi connectivity index (χ2n) is 8.72. The van der Waals surface area contributed by atoms with Crippen molar-refractivity contribution in [3.63, 3.8) is 0 Å². The minimum Gasteiger partial charge on any atom is -0.348 e. The van der Waals surface area contributed by atoms with E-state index in [0.717, 1.165) is 23.5 Å². The zero-order valence-corrected chi connectivity index (χ0v) is 19.1. The lowest BCUT2D eigenvalue weighted by Crippen LogP contribution is -2.56. The van der Waals surface area contributed by atoms with E-state index < -0.39 is 5.41 Å². The minimum absolute atomic E-state index is 0.0231. The van der Waals surface area contributed by atoms with E-state index in [1.807, 2.05) is 67.1 Å². The van der Waals surface area contributed by atoms with Crippen LogP contribution in [0.5, 0.6) is 0 Å². The van der Waals surface area contributed by atoms with Gasteiger partial charge in [-0.25, -0.2) is 4.68 Å². The number of amides is 2. The summed E-state index contributed by atoms with van der Waals surface area (Å²) in [6.07, 6.45) is 3.11. The van der Waals surface area contributed by atoms with Gasteiger partial charge in [-0.05, 0) is 63.1 Å². The highest BCUT2D eigenvalue weighted by Crippen LogP contribution is 2.35. The van der Waals surface area contributed by atoms with Gasteiger partial charge in [0.1, 0.15) is 5.41 Å². The van der Waals surface area contributed by atoms with Gasteiger partial charge in [-0.1, -0.05) is 12.1 Å². The molecule has 7 nitrogen and oxygen atoms in total. The van der Waals surface area contributed by atoms with Crippen LogP contribution in [-0.4, -0.2) is 63.6 Å². The van der Waals surface area contributed by atoms with Crippen molar-refractivity contribution in [1.82, 2.24) is 24.6 Å². The second kappa shape index (κ2) is 8.57. The lowest BCUT2D eigenvalue weighted by molar-refractivity contribution is -0.136. The Balaban J connectivity index is 1.67. The van der Waals surface area contributed by atoms with Crippen LogP contribution < -0.4 is 0 Å². The van der Waals surface area contributed by atoms with Crippen molar-refractivity contribution in [3.05, 3.63) is 77.4 Å². The monoisotopic (exact) mass is 431 g/mol. The summed E-state index contributed by atoms with van der Waals surface area (Å²) in [6, 6.07) is 15.1. The Bertz CT molecular complexity index is 1140. The van der Waals surface area contributed by atoms with Crippen molar-refractivity contribution < 1.29 is 9.59 Å². The highest BCUT2D eigenvalue weighted by atomic mass is 16.2. The van der Waals surface area contributed by atoms with Crippen LogP contribution >= 0.6 is 0 Å². The molecule has 3 heterocycles. The topological polar surface area (TPSA) is 71.3 Å². The number of aryl methyl sites for hydroxylation is 2. The summed E-state index contributed by atoms with van der Waals surface area (Å²) in [7, 11) is 3.51. The molecule has 1 aromatic carbocycles. The zero-order chi connectivity index (χ0) is 22.9. The normalized spacial score (nSPS) is 18.4. The first-order chi connectivity index (χ1) is 15.3. The molecular formula is C25H29N5O2. The third kappa shape index (κ3) is 3.90. The van der Waals surface area contributed by atoms with Crippen LogP contribution in [0.15, 0.2) is 54.7 Å². The van der Waals surface area contributed by atoms with Gasteiger partial charge in [0, 0.05) is 44.6 Å². The van der Waals surface area contributed by atoms with E-state index in [4.69, 9.17) is 0 Å². The van der Waals surface area contributed by atoms with Gasteiger partial charge in [0.05, 0.1) is 17.1 Å². The molecule has 0 bridgehead atoms. The molecule has 0 spiro atoms. The molecule has 2 aromatic heterocycles. The molecule has 1 atom stereocenters. The van der Waals surface area contributed by atoms with Crippen LogP contribution in [0.2, 0.25) is 0 Å². The molecular weight excluding hydrogens is 402 g/mol. The largest absolute Gasteiger partial charge is 0.348 e. The smallest absolute Gasteiger partial charge is 0.253 e. The Morgan fingerprint density at radius 2 is 1.88 bits per heavy atom. The Kier molecular flexibility index (Phi) is 5.82. The fourth-order valence-electron chi connectivity index (χ4n) is 4.64. The maximum Gasteiger partial charge on any atom is 0.253 e. The van der Waals surface area contributed by atoms with Crippen molar-refractivity contribution in [2.24, 2.45) is 0 Å². The molecule has 1 aliphatic heterocycles. The number of rotatable bonds is 4. The van der Waals surface area contributed by atoms with E-state index >= 15 is 0 Å². The van der Waals surface area contributed by atoms with E-state index in [1.165, 1.54) is 0 Å². The summed E-state index contributed by atoms with van der Waals surface area (Å²) in [5.41, 5.74) is 3.25. The quantitative estimate of drug-likeness (QED) is 0.636. The number of carbonyl (C=O) groups is 2. The summed E-state index contributed by atoms with van der Waals surface area (Å²) < 4.78 is 1.84. The van der Waals surface area contributed by atoms with Gasteiger partial charge in [0.2, 0.25) is 5.91 Å². The lowest BCUT2D eigenvalue weighted by atomic mass is 9.75. The van der Waals surface area contributed by atoms with Crippen molar-refractivity contribution >= 4 is 11.8 Å². The number of hydrogen-bond acceptors (Lipinski definition) is 4. The number of nitrogens with zero attached hydrogens (tertiary/aromatic N) is 5. The fourth-order valence-corrected chi connectivity index (χ4v) is 4.64. The van der Waals surface area contributed by atoms with E-state index in [0.29, 0.717) is 30.8 Å². The van der Waals surface area contributed by atoms with Crippen molar-refractivity contribution in [2.45, 2.75) is 32.1 Å². The first-order valence-electron chi connectivity index (χ1n) is 10.9. The van der Waals surface area contributed by atoms with E-state index in [2.05, 4.69) is 10.1 Å². The van der Waals surface area contributed by atoms with Crippen LogP contribution in [0.4, 0.5) is 0 Å². The van der Waals surface area contributed by atoms with Gasteiger partial charge in [0.25, 0.3) is 5.91 Å². The predicted molar refractivity (Wildman–Crippen MR) is 123 cm³/mol. The van der Waals surface area contributed by atoms with Crippen molar-refractivity contribution in [3.8, 4) is 5.69 Å². The average Bonchev–Trinajstić information content (AvgIpc) is 3.16. The van der Waals surface area contributed by atoms with Crippen LogP contribution in [0.3, 0.4) is 0 Å². The molecule has 0 N–H and O–H groups in total. The maximum atomic E-state index is 13.5. The summed E-state index contributed by atoms with van der Waals surface area (Å²) in [6.45, 7) is 4.86. The van der Waals surface area contributed by atoms with Crippen LogP contribution in [0.25, 0.3) is 5.69 Å². The van der Waals surface area contributed by atoms with Crippen LogP contribution in [-0.2, 0) is 10.2 Å². The molecule has 32 heavy (non-hydrogen) atoms. The third-order valence-electron chi connectivity index (χ3n) is 6.10. The lowest BCUT2D eigenvalue weighted by Gasteiger charge is -2.42. The molecule has 2 amide bonds. The van der Waals surface area contributed by atoms with Gasteiger partial charge >= 0.3 is 0 Å². The summed E-state index contributed by atoms with van der Waals surface area (Å²) in [5.74, 6) is -0.106. The maximum absolute atomic E-state index is 13.5.